The van der Waals surface area contributed by atoms with Crippen molar-refractivity contribution < 1.29 is 24.1 Å². The molecule has 0 aliphatic heterocycles. The van der Waals surface area contributed by atoms with Crippen LogP contribution in [-0.4, -0.2) is 32.4 Å². The fraction of sp³-hybridized carbons (Fsp3) is 0.533. The third-order valence-electron chi connectivity index (χ3n) is 3.78. The fourth-order valence-electron chi connectivity index (χ4n) is 2.65. The van der Waals surface area contributed by atoms with E-state index in [1.165, 1.54) is 0 Å². The molecule has 0 saturated heterocycles. The third kappa shape index (κ3) is 3.26. The van der Waals surface area contributed by atoms with E-state index in [0.29, 0.717) is 27.6 Å². The monoisotopic (exact) mass is 358 g/mol. The summed E-state index contributed by atoms with van der Waals surface area (Å²) in [7, 11) is 4.68. The Balaban J connectivity index is 2.54. The molecule has 2 rings (SSSR count). The summed E-state index contributed by atoms with van der Waals surface area (Å²) in [4.78, 5) is 11.2. The van der Waals surface area contributed by atoms with Crippen molar-refractivity contribution in [3.05, 3.63) is 16.1 Å². The van der Waals surface area contributed by atoms with Crippen LogP contribution in [0.1, 0.15) is 30.7 Å². The first-order valence-electron chi connectivity index (χ1n) is 6.73. The number of carboxylic acid groups (broad SMARTS) is 1. The van der Waals surface area contributed by atoms with E-state index in [0.717, 1.165) is 18.4 Å². The van der Waals surface area contributed by atoms with Gasteiger partial charge in [-0.05, 0) is 40.8 Å². The minimum atomic E-state index is -0.806. The Morgan fingerprint density at radius 2 is 1.90 bits per heavy atom. The zero-order valence-corrected chi connectivity index (χ0v) is 13.9. The van der Waals surface area contributed by atoms with Crippen molar-refractivity contribution in [1.29, 1.82) is 0 Å². The van der Waals surface area contributed by atoms with Crippen LogP contribution in [0, 0.1) is 5.92 Å². The second kappa shape index (κ2) is 6.56. The van der Waals surface area contributed by atoms with Crippen LogP contribution in [-0.2, 0) is 4.79 Å². The van der Waals surface area contributed by atoms with E-state index in [2.05, 4.69) is 15.9 Å². The zero-order chi connectivity index (χ0) is 15.6. The lowest BCUT2D eigenvalue weighted by Gasteiger charge is -2.22. The van der Waals surface area contributed by atoms with Gasteiger partial charge in [0.2, 0.25) is 0 Å². The highest BCUT2D eigenvalue weighted by Crippen LogP contribution is 2.52. The summed E-state index contributed by atoms with van der Waals surface area (Å²) in [5, 5.41) is 9.17. The Morgan fingerprint density at radius 1 is 1.29 bits per heavy atom. The molecule has 1 atom stereocenters. The van der Waals surface area contributed by atoms with Crippen LogP contribution in [0.5, 0.6) is 17.2 Å². The minimum absolute atomic E-state index is 0.0754. The zero-order valence-electron chi connectivity index (χ0n) is 12.3. The van der Waals surface area contributed by atoms with Crippen LogP contribution in [0.25, 0.3) is 0 Å². The Bertz CT molecular complexity index is 539. The van der Waals surface area contributed by atoms with E-state index in [1.54, 1.807) is 21.3 Å². The van der Waals surface area contributed by atoms with Gasteiger partial charge >= 0.3 is 5.97 Å². The molecule has 1 fully saturated rings. The van der Waals surface area contributed by atoms with E-state index in [-0.39, 0.29) is 12.3 Å². The molecule has 0 heterocycles. The van der Waals surface area contributed by atoms with E-state index in [4.69, 9.17) is 14.2 Å². The number of hydrogen-bond acceptors (Lipinski definition) is 4. The van der Waals surface area contributed by atoms with Crippen molar-refractivity contribution in [2.75, 3.05) is 21.3 Å². The summed E-state index contributed by atoms with van der Waals surface area (Å²) in [5.41, 5.74) is 0.854. The number of carboxylic acids is 1. The van der Waals surface area contributed by atoms with Gasteiger partial charge in [-0.1, -0.05) is 0 Å². The Labute approximate surface area is 132 Å². The van der Waals surface area contributed by atoms with Crippen LogP contribution in [0.4, 0.5) is 0 Å². The van der Waals surface area contributed by atoms with E-state index < -0.39 is 5.97 Å². The molecule has 0 amide bonds. The van der Waals surface area contributed by atoms with Crippen molar-refractivity contribution in [3.8, 4) is 17.2 Å². The molecular formula is C15H19BrO5. The van der Waals surface area contributed by atoms with E-state index in [1.807, 2.05) is 6.07 Å². The lowest BCUT2D eigenvalue weighted by atomic mass is 9.90. The summed E-state index contributed by atoms with van der Waals surface area (Å²) >= 11 is 3.47. The van der Waals surface area contributed by atoms with Gasteiger partial charge in [-0.2, -0.15) is 0 Å². The van der Waals surface area contributed by atoms with E-state index in [9.17, 15) is 9.90 Å². The number of aliphatic carboxylic acids is 1. The number of methoxy groups -OCH3 is 3. The lowest BCUT2D eigenvalue weighted by molar-refractivity contribution is -0.137. The number of rotatable bonds is 7. The summed E-state index contributed by atoms with van der Waals surface area (Å²) in [6.07, 6.45) is 2.18. The molecule has 1 aliphatic carbocycles. The topological polar surface area (TPSA) is 65.0 Å². The van der Waals surface area contributed by atoms with Gasteiger partial charge in [0.05, 0.1) is 27.8 Å². The molecular weight excluding hydrogens is 340 g/mol. The average molecular weight is 359 g/mol. The van der Waals surface area contributed by atoms with Crippen LogP contribution in [0.3, 0.4) is 0 Å². The molecule has 0 aromatic heterocycles. The maximum absolute atomic E-state index is 11.2. The molecule has 1 aromatic carbocycles. The molecule has 5 nitrogen and oxygen atoms in total. The second-order valence-corrected chi connectivity index (χ2v) is 5.88. The maximum Gasteiger partial charge on any atom is 0.303 e. The largest absolute Gasteiger partial charge is 0.495 e. The molecule has 0 spiro atoms. The first-order valence-corrected chi connectivity index (χ1v) is 7.52. The molecule has 6 heteroatoms. The second-order valence-electron chi connectivity index (χ2n) is 5.09. The van der Waals surface area contributed by atoms with Gasteiger partial charge in [0.1, 0.15) is 10.2 Å². The van der Waals surface area contributed by atoms with Crippen molar-refractivity contribution in [2.45, 2.75) is 25.2 Å². The molecule has 1 N–H and O–H groups in total. The van der Waals surface area contributed by atoms with Crippen molar-refractivity contribution in [2.24, 2.45) is 5.92 Å². The van der Waals surface area contributed by atoms with Gasteiger partial charge in [0.25, 0.3) is 0 Å². The highest BCUT2D eigenvalue weighted by molar-refractivity contribution is 9.10. The van der Waals surface area contributed by atoms with Crippen LogP contribution >= 0.6 is 15.9 Å². The Kier molecular flexibility index (Phi) is 4.98. The molecule has 116 valence electrons. The van der Waals surface area contributed by atoms with Crippen molar-refractivity contribution >= 4 is 21.9 Å². The summed E-state index contributed by atoms with van der Waals surface area (Å²) in [6.45, 7) is 0. The third-order valence-corrected chi connectivity index (χ3v) is 4.50. The molecule has 1 aromatic rings. The molecule has 1 unspecified atom stereocenters. The van der Waals surface area contributed by atoms with Gasteiger partial charge in [-0.15, -0.1) is 0 Å². The fourth-order valence-corrected chi connectivity index (χ4v) is 3.40. The number of halogens is 1. The van der Waals surface area contributed by atoms with E-state index >= 15 is 0 Å². The molecule has 0 radical (unpaired) electrons. The van der Waals surface area contributed by atoms with Crippen molar-refractivity contribution in [1.82, 2.24) is 0 Å². The summed E-state index contributed by atoms with van der Waals surface area (Å²) in [6, 6.07) is 1.83. The Morgan fingerprint density at radius 3 is 2.33 bits per heavy atom. The smallest absolute Gasteiger partial charge is 0.303 e. The average Bonchev–Trinajstić information content (AvgIpc) is 3.28. The van der Waals surface area contributed by atoms with Crippen LogP contribution < -0.4 is 14.2 Å². The maximum atomic E-state index is 11.2. The number of benzene rings is 1. The number of hydrogen-bond donors (Lipinski definition) is 1. The minimum Gasteiger partial charge on any atom is -0.495 e. The van der Waals surface area contributed by atoms with Gasteiger partial charge in [0.15, 0.2) is 11.5 Å². The van der Waals surface area contributed by atoms with Gasteiger partial charge in [-0.25, -0.2) is 0 Å². The summed E-state index contributed by atoms with van der Waals surface area (Å²) < 4.78 is 16.8. The molecule has 0 bridgehead atoms. The first-order chi connectivity index (χ1) is 10.0. The lowest BCUT2D eigenvalue weighted by Crippen LogP contribution is -2.11. The normalized spacial score (nSPS) is 15.4. The van der Waals surface area contributed by atoms with Crippen LogP contribution in [0.2, 0.25) is 0 Å². The van der Waals surface area contributed by atoms with Gasteiger partial charge < -0.3 is 19.3 Å². The van der Waals surface area contributed by atoms with Crippen LogP contribution in [0.15, 0.2) is 10.5 Å². The van der Waals surface area contributed by atoms with Gasteiger partial charge in [-0.3, -0.25) is 4.79 Å². The predicted molar refractivity (Wildman–Crippen MR) is 81.5 cm³/mol. The quantitative estimate of drug-likeness (QED) is 0.808. The highest BCUT2D eigenvalue weighted by atomic mass is 79.9. The van der Waals surface area contributed by atoms with Gasteiger partial charge in [0, 0.05) is 11.5 Å². The highest BCUT2D eigenvalue weighted by Gasteiger charge is 2.37. The number of ether oxygens (including phenoxy) is 3. The summed E-state index contributed by atoms with van der Waals surface area (Å²) in [5.74, 6) is 1.23. The first kappa shape index (κ1) is 15.9. The molecule has 1 aliphatic rings. The standard InChI is InChI=1S/C15H19BrO5/c1-19-11-6-10(9(7-12(17)18)8-4-5-8)14(20-2)13(16)15(11)21-3/h6,8-9H,4-5,7H2,1-3H3,(H,17,18). The SMILES string of the molecule is COc1cc(C(CC(=O)O)C2CC2)c(OC)c(Br)c1OC. The predicted octanol–water partition coefficient (Wildman–Crippen LogP) is 3.44. The number of carbonyl (C=O) groups is 1. The molecule has 21 heavy (non-hydrogen) atoms. The Hall–Kier alpha value is -1.43. The van der Waals surface area contributed by atoms with Crippen molar-refractivity contribution in [3.63, 3.8) is 0 Å². The molecule has 1 saturated carbocycles.